The van der Waals surface area contributed by atoms with E-state index in [1.54, 1.807) is 0 Å². The molecule has 0 atom stereocenters. The third-order valence-corrected chi connectivity index (χ3v) is 5.29. The maximum Gasteiger partial charge on any atom is 0.273 e. The fraction of sp³-hybridized carbons (Fsp3) is 0.273. The van der Waals surface area contributed by atoms with Crippen molar-refractivity contribution >= 4 is 27.9 Å². The Balaban J connectivity index is 1.77. The summed E-state index contributed by atoms with van der Waals surface area (Å²) in [7, 11) is 0. The number of hydrogen-bond acceptors (Lipinski definition) is 3. The normalized spacial score (nSPS) is 16.2. The zero-order valence-corrected chi connectivity index (χ0v) is 14.7. The molecule has 5 rings (SSSR count). The molecule has 1 aliphatic heterocycles. The van der Waals surface area contributed by atoms with Crippen molar-refractivity contribution in [2.45, 2.75) is 25.7 Å². The lowest BCUT2D eigenvalue weighted by atomic mass is 10.2. The molecule has 2 aromatic heterocycles. The zero-order chi connectivity index (χ0) is 17.3. The minimum Gasteiger partial charge on any atom is -0.446 e. The Morgan fingerprint density at radius 1 is 0.769 bits per heavy atom. The van der Waals surface area contributed by atoms with Crippen molar-refractivity contribution in [2.75, 3.05) is 13.1 Å². The molecule has 4 nitrogen and oxygen atoms in total. The minimum atomic E-state index is 0.788. The van der Waals surface area contributed by atoms with E-state index >= 15 is 0 Å². The first-order valence-electron chi connectivity index (χ1n) is 9.50. The second-order valence-corrected chi connectivity index (χ2v) is 7.06. The number of nitrogens with zero attached hydrogens (tertiary/aromatic N) is 2. The Kier molecular flexibility index (Phi) is 3.91. The quantitative estimate of drug-likeness (QED) is 0.594. The fourth-order valence-corrected chi connectivity index (χ4v) is 3.94. The third-order valence-electron chi connectivity index (χ3n) is 5.29. The van der Waals surface area contributed by atoms with Crippen molar-refractivity contribution in [3.8, 4) is 11.4 Å². The van der Waals surface area contributed by atoms with E-state index in [2.05, 4.69) is 18.2 Å². The molecule has 1 aliphatic rings. The lowest BCUT2D eigenvalue weighted by molar-refractivity contribution is -0.833. The van der Waals surface area contributed by atoms with Crippen LogP contribution in [0.4, 0.5) is 5.82 Å². The van der Waals surface area contributed by atoms with Gasteiger partial charge in [-0.25, -0.2) is 4.98 Å². The standard InChI is InChI=1S/C22H21N3O/c1-2-9-15-25(14-8-1)22-20-19(17-12-6-7-13-18(17)26-20)23-21(24-22)16-10-4-3-5-11-16/h3-7,10-13H,1-2,8-9,14-15H2/p+1. The van der Waals surface area contributed by atoms with Gasteiger partial charge in [0, 0.05) is 10.9 Å². The van der Waals surface area contributed by atoms with Crippen LogP contribution in [-0.4, -0.2) is 23.1 Å². The Labute approximate surface area is 152 Å². The van der Waals surface area contributed by atoms with Gasteiger partial charge < -0.3 is 4.42 Å². The summed E-state index contributed by atoms with van der Waals surface area (Å²) in [6, 6.07) is 18.4. The molecule has 1 saturated heterocycles. The molecule has 0 radical (unpaired) electrons. The van der Waals surface area contributed by atoms with Gasteiger partial charge in [0.15, 0.2) is 5.82 Å². The monoisotopic (exact) mass is 344 g/mol. The van der Waals surface area contributed by atoms with Crippen LogP contribution in [0.5, 0.6) is 0 Å². The number of quaternary nitrogens is 1. The summed E-state index contributed by atoms with van der Waals surface area (Å²) in [5.41, 5.74) is 3.72. The third kappa shape index (κ3) is 2.67. The Hall–Kier alpha value is -2.72. The van der Waals surface area contributed by atoms with Crippen molar-refractivity contribution in [3.05, 3.63) is 54.6 Å². The number of para-hydroxylation sites is 1. The van der Waals surface area contributed by atoms with Gasteiger partial charge in [-0.1, -0.05) is 42.5 Å². The van der Waals surface area contributed by atoms with Crippen LogP contribution in [0.25, 0.3) is 33.5 Å². The average Bonchev–Trinajstić information content (AvgIpc) is 2.87. The van der Waals surface area contributed by atoms with Crippen LogP contribution in [0, 0.1) is 0 Å². The molecule has 0 unspecified atom stereocenters. The molecule has 0 amide bonds. The first-order chi connectivity index (χ1) is 12.9. The SMILES string of the molecule is c1ccc(-c2nc([NH+]3CCCCCC3)c3oc4ccccc4c3n2)cc1. The highest BCUT2D eigenvalue weighted by molar-refractivity contribution is 6.05. The van der Waals surface area contributed by atoms with Gasteiger partial charge in [-0.2, -0.15) is 4.98 Å². The number of nitrogens with one attached hydrogen (secondary N) is 1. The molecule has 26 heavy (non-hydrogen) atoms. The lowest BCUT2D eigenvalue weighted by Gasteiger charge is -2.16. The van der Waals surface area contributed by atoms with Crippen LogP contribution in [0.2, 0.25) is 0 Å². The second-order valence-electron chi connectivity index (χ2n) is 7.06. The van der Waals surface area contributed by atoms with Gasteiger partial charge in [0.1, 0.15) is 11.1 Å². The van der Waals surface area contributed by atoms with E-state index in [0.717, 1.165) is 52.4 Å². The first kappa shape index (κ1) is 15.5. The molecule has 0 spiro atoms. The summed E-state index contributed by atoms with van der Waals surface area (Å²) in [5, 5.41) is 1.07. The van der Waals surface area contributed by atoms with E-state index in [1.807, 2.05) is 36.4 Å². The minimum absolute atomic E-state index is 0.788. The predicted molar refractivity (Wildman–Crippen MR) is 104 cm³/mol. The van der Waals surface area contributed by atoms with Crippen molar-refractivity contribution in [3.63, 3.8) is 0 Å². The molecule has 2 aromatic carbocycles. The highest BCUT2D eigenvalue weighted by Gasteiger charge is 2.25. The van der Waals surface area contributed by atoms with Crippen LogP contribution in [-0.2, 0) is 0 Å². The van der Waals surface area contributed by atoms with Crippen molar-refractivity contribution in [1.82, 2.24) is 9.97 Å². The number of aromatic nitrogens is 2. The number of benzene rings is 2. The van der Waals surface area contributed by atoms with Gasteiger partial charge in [-0.05, 0) is 37.8 Å². The first-order valence-corrected chi connectivity index (χ1v) is 9.50. The van der Waals surface area contributed by atoms with Gasteiger partial charge in [-0.3, -0.25) is 4.90 Å². The number of furan rings is 1. The molecule has 1 N–H and O–H groups in total. The van der Waals surface area contributed by atoms with E-state index < -0.39 is 0 Å². The molecule has 3 heterocycles. The van der Waals surface area contributed by atoms with Crippen LogP contribution >= 0.6 is 0 Å². The Morgan fingerprint density at radius 2 is 1.50 bits per heavy atom. The molecule has 4 heteroatoms. The molecule has 0 aliphatic carbocycles. The maximum absolute atomic E-state index is 6.22. The van der Waals surface area contributed by atoms with Gasteiger partial charge >= 0.3 is 0 Å². The molecule has 0 bridgehead atoms. The molecule has 130 valence electrons. The summed E-state index contributed by atoms with van der Waals surface area (Å²) in [5.74, 6) is 1.81. The number of hydrogen-bond donors (Lipinski definition) is 1. The molecule has 1 fully saturated rings. The highest BCUT2D eigenvalue weighted by Crippen LogP contribution is 2.31. The van der Waals surface area contributed by atoms with Crippen LogP contribution in [0.3, 0.4) is 0 Å². The summed E-state index contributed by atoms with van der Waals surface area (Å²) in [6.45, 7) is 2.22. The largest absolute Gasteiger partial charge is 0.446 e. The average molecular weight is 344 g/mol. The van der Waals surface area contributed by atoms with Crippen LogP contribution in [0.15, 0.2) is 59.0 Å². The maximum atomic E-state index is 6.22. The van der Waals surface area contributed by atoms with Gasteiger partial charge in [-0.15, -0.1) is 0 Å². The van der Waals surface area contributed by atoms with Crippen LogP contribution < -0.4 is 4.90 Å². The summed E-state index contributed by atoms with van der Waals surface area (Å²) in [6.07, 6.45) is 5.09. The molecule has 0 saturated carbocycles. The lowest BCUT2D eigenvalue weighted by Crippen LogP contribution is -3.07. The molecular formula is C22H22N3O+. The van der Waals surface area contributed by atoms with E-state index in [1.165, 1.54) is 30.6 Å². The number of rotatable bonds is 2. The smallest absolute Gasteiger partial charge is 0.273 e. The van der Waals surface area contributed by atoms with Crippen molar-refractivity contribution in [2.24, 2.45) is 0 Å². The summed E-state index contributed by atoms with van der Waals surface area (Å²) < 4.78 is 6.22. The van der Waals surface area contributed by atoms with Gasteiger partial charge in [0.2, 0.25) is 5.58 Å². The summed E-state index contributed by atoms with van der Waals surface area (Å²) >= 11 is 0. The topological polar surface area (TPSA) is 43.4 Å². The van der Waals surface area contributed by atoms with E-state index in [0.29, 0.717) is 0 Å². The van der Waals surface area contributed by atoms with Gasteiger partial charge in [0.25, 0.3) is 5.82 Å². The van der Waals surface area contributed by atoms with Crippen LogP contribution in [0.1, 0.15) is 25.7 Å². The van der Waals surface area contributed by atoms with E-state index in [4.69, 9.17) is 14.4 Å². The predicted octanol–water partition coefficient (Wildman–Crippen LogP) is 4.13. The zero-order valence-electron chi connectivity index (χ0n) is 14.7. The van der Waals surface area contributed by atoms with Crippen molar-refractivity contribution < 1.29 is 9.32 Å². The Bertz CT molecular complexity index is 1050. The van der Waals surface area contributed by atoms with E-state index in [-0.39, 0.29) is 0 Å². The number of fused-ring (bicyclic) bond motifs is 3. The van der Waals surface area contributed by atoms with E-state index in [9.17, 15) is 0 Å². The van der Waals surface area contributed by atoms with Gasteiger partial charge in [0.05, 0.1) is 13.1 Å². The second kappa shape index (κ2) is 6.54. The highest BCUT2D eigenvalue weighted by atomic mass is 16.3. The fourth-order valence-electron chi connectivity index (χ4n) is 3.94. The molecule has 4 aromatic rings. The Morgan fingerprint density at radius 3 is 2.31 bits per heavy atom. The van der Waals surface area contributed by atoms with Crippen molar-refractivity contribution in [1.29, 1.82) is 0 Å². The molecular weight excluding hydrogens is 322 g/mol. The summed E-state index contributed by atoms with van der Waals surface area (Å²) in [4.78, 5) is 11.3.